The number of rotatable bonds is 9. The molecular weight excluding hydrogens is 234 g/mol. The molecule has 0 radical (unpaired) electrons. The van der Waals surface area contributed by atoms with E-state index in [1.54, 1.807) is 4.90 Å². The zero-order chi connectivity index (χ0) is 14.3. The molecule has 18 heavy (non-hydrogen) atoms. The van der Waals surface area contributed by atoms with Gasteiger partial charge in [-0.2, -0.15) is 0 Å². The highest BCUT2D eigenvalue weighted by molar-refractivity contribution is 4.83. The number of aliphatic hydroxyl groups is 3. The number of aliphatic hydroxyl groups excluding tert-OH is 3. The zero-order valence-corrected chi connectivity index (χ0v) is 12.0. The minimum absolute atomic E-state index is 0.355. The van der Waals surface area contributed by atoms with Gasteiger partial charge in [-0.1, -0.05) is 13.8 Å². The van der Waals surface area contributed by atoms with Crippen molar-refractivity contribution in [3.8, 4) is 0 Å². The lowest BCUT2D eigenvalue weighted by Crippen LogP contribution is -2.51. The van der Waals surface area contributed by atoms with Crippen LogP contribution in [-0.2, 0) is 0 Å². The molecule has 0 saturated heterocycles. The molecule has 4 unspecified atom stereocenters. The molecule has 0 amide bonds. The maximum Gasteiger partial charge on any atom is 0.110 e. The van der Waals surface area contributed by atoms with Crippen LogP contribution in [0.3, 0.4) is 0 Å². The van der Waals surface area contributed by atoms with Crippen LogP contribution in [0.2, 0.25) is 0 Å². The first kappa shape index (κ1) is 17.8. The molecule has 0 heterocycles. The number of hydrogen-bond donors (Lipinski definition) is 4. The van der Waals surface area contributed by atoms with E-state index in [9.17, 15) is 15.3 Å². The van der Waals surface area contributed by atoms with Crippen molar-refractivity contribution in [2.45, 2.75) is 32.3 Å². The van der Waals surface area contributed by atoms with Gasteiger partial charge in [0.2, 0.25) is 0 Å². The summed E-state index contributed by atoms with van der Waals surface area (Å²) in [6, 6.07) is 0. The van der Waals surface area contributed by atoms with E-state index in [2.05, 4.69) is 0 Å². The minimum atomic E-state index is -1.23. The normalized spacial score (nSPS) is 19.0. The van der Waals surface area contributed by atoms with Gasteiger partial charge in [-0.25, -0.2) is 0 Å². The van der Waals surface area contributed by atoms with Crippen molar-refractivity contribution < 1.29 is 15.3 Å². The lowest BCUT2D eigenvalue weighted by atomic mass is 9.93. The molecule has 0 saturated carbocycles. The Balaban J connectivity index is 4.57. The van der Waals surface area contributed by atoms with Gasteiger partial charge in [-0.05, 0) is 27.2 Å². The van der Waals surface area contributed by atoms with Gasteiger partial charge in [0.15, 0.2) is 0 Å². The predicted molar refractivity (Wildman–Crippen MR) is 72.0 cm³/mol. The highest BCUT2D eigenvalue weighted by Crippen LogP contribution is 2.14. The predicted octanol–water partition coefficient (Wildman–Crippen LogP) is -1.50. The molecule has 0 aliphatic heterocycles. The van der Waals surface area contributed by atoms with Crippen LogP contribution in [-0.4, -0.2) is 83.8 Å². The van der Waals surface area contributed by atoms with Crippen LogP contribution >= 0.6 is 0 Å². The number of nitrogens with zero attached hydrogens (tertiary/aromatic N) is 2. The Morgan fingerprint density at radius 1 is 0.944 bits per heavy atom. The standard InChI is InChI=1S/C12H29N3O3/c1-5-15(6-2)8-10(17)11(12(13)18)9(16)7-14(3)4/h9-12,16-18H,5-8,13H2,1-4H3. The molecule has 110 valence electrons. The second-order valence-electron chi connectivity index (χ2n) is 4.95. The number of nitrogens with two attached hydrogens (primary N) is 1. The maximum absolute atomic E-state index is 10.1. The van der Waals surface area contributed by atoms with E-state index in [-0.39, 0.29) is 0 Å². The first-order valence-corrected chi connectivity index (χ1v) is 6.50. The monoisotopic (exact) mass is 263 g/mol. The second kappa shape index (κ2) is 8.79. The van der Waals surface area contributed by atoms with Crippen LogP contribution in [0.25, 0.3) is 0 Å². The number of hydrogen-bond acceptors (Lipinski definition) is 6. The maximum atomic E-state index is 10.1. The van der Waals surface area contributed by atoms with E-state index in [1.807, 2.05) is 32.8 Å². The van der Waals surface area contributed by atoms with Crippen molar-refractivity contribution in [3.05, 3.63) is 0 Å². The average molecular weight is 263 g/mol. The molecule has 4 atom stereocenters. The molecule has 0 aromatic carbocycles. The molecule has 0 aromatic heterocycles. The third-order valence-corrected chi connectivity index (χ3v) is 3.17. The van der Waals surface area contributed by atoms with Gasteiger partial charge in [0.1, 0.15) is 6.23 Å². The van der Waals surface area contributed by atoms with Gasteiger partial charge >= 0.3 is 0 Å². The van der Waals surface area contributed by atoms with Crippen molar-refractivity contribution >= 4 is 0 Å². The molecule has 6 nitrogen and oxygen atoms in total. The Kier molecular flexibility index (Phi) is 8.67. The van der Waals surface area contributed by atoms with E-state index in [0.717, 1.165) is 13.1 Å². The summed E-state index contributed by atoms with van der Waals surface area (Å²) in [7, 11) is 3.64. The molecule has 5 N–H and O–H groups in total. The quantitative estimate of drug-likeness (QED) is 0.379. The molecule has 0 aliphatic carbocycles. The first-order valence-electron chi connectivity index (χ1n) is 6.50. The molecular formula is C12H29N3O3. The molecule has 6 heteroatoms. The fourth-order valence-electron chi connectivity index (χ4n) is 2.08. The van der Waals surface area contributed by atoms with Crippen molar-refractivity contribution in [2.75, 3.05) is 40.3 Å². The van der Waals surface area contributed by atoms with E-state index in [0.29, 0.717) is 13.1 Å². The summed E-state index contributed by atoms with van der Waals surface area (Å²) < 4.78 is 0. The van der Waals surface area contributed by atoms with Gasteiger partial charge in [0, 0.05) is 13.1 Å². The Bertz CT molecular complexity index is 211. The smallest absolute Gasteiger partial charge is 0.110 e. The fourth-order valence-corrected chi connectivity index (χ4v) is 2.08. The van der Waals surface area contributed by atoms with Crippen LogP contribution in [0.5, 0.6) is 0 Å². The Morgan fingerprint density at radius 3 is 1.72 bits per heavy atom. The summed E-state index contributed by atoms with van der Waals surface area (Å²) in [6.07, 6.45) is -2.93. The lowest BCUT2D eigenvalue weighted by Gasteiger charge is -2.33. The zero-order valence-electron chi connectivity index (χ0n) is 12.0. The van der Waals surface area contributed by atoms with E-state index >= 15 is 0 Å². The van der Waals surface area contributed by atoms with Crippen LogP contribution in [0.4, 0.5) is 0 Å². The molecule has 0 bridgehead atoms. The van der Waals surface area contributed by atoms with Gasteiger partial charge in [-0.15, -0.1) is 0 Å². The molecule has 0 spiro atoms. The van der Waals surface area contributed by atoms with Crippen molar-refractivity contribution in [1.82, 2.24) is 9.80 Å². The summed E-state index contributed by atoms with van der Waals surface area (Å²) in [5, 5.41) is 29.7. The highest BCUT2D eigenvalue weighted by atomic mass is 16.3. The molecule has 0 fully saturated rings. The third-order valence-electron chi connectivity index (χ3n) is 3.17. The molecule has 0 rings (SSSR count). The Hall–Kier alpha value is -0.240. The summed E-state index contributed by atoms with van der Waals surface area (Å²) in [4.78, 5) is 3.83. The summed E-state index contributed by atoms with van der Waals surface area (Å²) in [5.41, 5.74) is 5.47. The first-order chi connectivity index (χ1) is 8.33. The Morgan fingerprint density at radius 2 is 1.39 bits per heavy atom. The van der Waals surface area contributed by atoms with Gasteiger partial charge in [0.25, 0.3) is 0 Å². The van der Waals surface area contributed by atoms with Crippen molar-refractivity contribution in [1.29, 1.82) is 0 Å². The van der Waals surface area contributed by atoms with Crippen LogP contribution in [0.1, 0.15) is 13.8 Å². The second-order valence-corrected chi connectivity index (χ2v) is 4.95. The SMILES string of the molecule is CCN(CC)CC(O)C(C(N)O)C(O)CN(C)C. The summed E-state index contributed by atoms with van der Waals surface area (Å²) >= 11 is 0. The van der Waals surface area contributed by atoms with E-state index < -0.39 is 24.4 Å². The van der Waals surface area contributed by atoms with Crippen LogP contribution < -0.4 is 5.73 Å². The minimum Gasteiger partial charge on any atom is -0.391 e. The fraction of sp³-hybridized carbons (Fsp3) is 1.00. The van der Waals surface area contributed by atoms with Crippen LogP contribution in [0, 0.1) is 5.92 Å². The lowest BCUT2D eigenvalue weighted by molar-refractivity contribution is -0.0694. The van der Waals surface area contributed by atoms with Crippen molar-refractivity contribution in [3.63, 3.8) is 0 Å². The van der Waals surface area contributed by atoms with Gasteiger partial charge in [0.05, 0.1) is 18.1 Å². The largest absolute Gasteiger partial charge is 0.391 e. The molecule has 0 aromatic rings. The van der Waals surface area contributed by atoms with Crippen LogP contribution in [0.15, 0.2) is 0 Å². The van der Waals surface area contributed by atoms with Gasteiger partial charge < -0.3 is 30.9 Å². The average Bonchev–Trinajstić information content (AvgIpc) is 2.24. The third kappa shape index (κ3) is 6.08. The topological polar surface area (TPSA) is 93.2 Å². The Labute approximate surface area is 110 Å². The van der Waals surface area contributed by atoms with Gasteiger partial charge in [-0.3, -0.25) is 0 Å². The molecule has 0 aliphatic rings. The summed E-state index contributed by atoms with van der Waals surface area (Å²) in [5.74, 6) is -0.743. The highest BCUT2D eigenvalue weighted by Gasteiger charge is 2.32. The van der Waals surface area contributed by atoms with E-state index in [4.69, 9.17) is 5.73 Å². The van der Waals surface area contributed by atoms with Crippen molar-refractivity contribution in [2.24, 2.45) is 11.7 Å². The van der Waals surface area contributed by atoms with E-state index in [1.165, 1.54) is 0 Å². The number of likely N-dealkylation sites (N-methyl/N-ethyl adjacent to an activating group) is 2. The summed E-state index contributed by atoms with van der Waals surface area (Å²) in [6.45, 7) is 6.38.